The van der Waals surface area contributed by atoms with Crippen molar-refractivity contribution >= 4 is 5.97 Å². The van der Waals surface area contributed by atoms with Gasteiger partial charge in [-0.25, -0.2) is 4.39 Å². The van der Waals surface area contributed by atoms with Gasteiger partial charge in [-0.15, -0.1) is 0 Å². The molecule has 1 rings (SSSR count). The summed E-state index contributed by atoms with van der Waals surface area (Å²) in [6.45, 7) is 0.624. The molecule has 0 saturated carbocycles. The zero-order valence-corrected chi connectivity index (χ0v) is 15.1. The standard InChI is InChI=1S/C16H24FNO9/c1-22-3-5-24-9-26-13-8-11(14(18-21)16(19)20)7-12(17)15(13)27-10-25-6-4-23-2/h7-8,14,18,21H,3-6,9-10H2,1-2H3,(H,19,20). The van der Waals surface area contributed by atoms with E-state index >= 15 is 0 Å². The molecule has 0 saturated heterocycles. The van der Waals surface area contributed by atoms with Crippen LogP contribution in [-0.4, -0.2) is 70.5 Å². The minimum absolute atomic E-state index is 0.0814. The molecular formula is C16H24FNO9. The first kappa shape index (κ1) is 23.0. The number of aliphatic carboxylic acids is 1. The van der Waals surface area contributed by atoms with Gasteiger partial charge in [-0.05, 0) is 17.7 Å². The summed E-state index contributed by atoms with van der Waals surface area (Å²) in [6.07, 6.45) is 0. The van der Waals surface area contributed by atoms with E-state index in [1.807, 2.05) is 0 Å². The lowest BCUT2D eigenvalue weighted by Crippen LogP contribution is -2.25. The van der Waals surface area contributed by atoms with Crippen molar-refractivity contribution in [1.82, 2.24) is 5.48 Å². The predicted octanol–water partition coefficient (Wildman–Crippen LogP) is 0.929. The maximum atomic E-state index is 14.4. The molecule has 11 heteroatoms. The first-order valence-electron chi connectivity index (χ1n) is 7.90. The number of methoxy groups -OCH3 is 2. The molecule has 10 nitrogen and oxygen atoms in total. The van der Waals surface area contributed by atoms with Gasteiger partial charge in [-0.2, -0.15) is 5.48 Å². The minimum atomic E-state index is -1.55. The van der Waals surface area contributed by atoms with Crippen molar-refractivity contribution in [3.63, 3.8) is 0 Å². The molecule has 0 fully saturated rings. The van der Waals surface area contributed by atoms with Gasteiger partial charge in [-0.1, -0.05) is 0 Å². The van der Waals surface area contributed by atoms with Crippen LogP contribution in [0.5, 0.6) is 11.5 Å². The number of halogens is 1. The third kappa shape index (κ3) is 8.03. The van der Waals surface area contributed by atoms with Crippen LogP contribution in [0.25, 0.3) is 0 Å². The molecular weight excluding hydrogens is 369 g/mol. The molecule has 0 aliphatic rings. The van der Waals surface area contributed by atoms with Crippen LogP contribution in [0.3, 0.4) is 0 Å². The van der Waals surface area contributed by atoms with Gasteiger partial charge in [0.15, 0.2) is 36.9 Å². The predicted molar refractivity (Wildman–Crippen MR) is 88.3 cm³/mol. The van der Waals surface area contributed by atoms with Gasteiger partial charge in [0.25, 0.3) is 0 Å². The first-order valence-corrected chi connectivity index (χ1v) is 7.90. The van der Waals surface area contributed by atoms with E-state index in [2.05, 4.69) is 0 Å². The van der Waals surface area contributed by atoms with Crippen LogP contribution >= 0.6 is 0 Å². The molecule has 1 aromatic rings. The van der Waals surface area contributed by atoms with E-state index in [0.717, 1.165) is 6.07 Å². The number of nitrogens with one attached hydrogen (secondary N) is 1. The van der Waals surface area contributed by atoms with Crippen LogP contribution in [0.1, 0.15) is 11.6 Å². The Morgan fingerprint density at radius 3 is 2.19 bits per heavy atom. The highest BCUT2D eigenvalue weighted by Gasteiger charge is 2.23. The van der Waals surface area contributed by atoms with Crippen LogP contribution < -0.4 is 15.0 Å². The lowest BCUT2D eigenvalue weighted by molar-refractivity contribution is -0.142. The normalized spacial score (nSPS) is 12.0. The zero-order valence-electron chi connectivity index (χ0n) is 15.1. The summed E-state index contributed by atoms with van der Waals surface area (Å²) in [5, 5.41) is 18.1. The molecule has 154 valence electrons. The van der Waals surface area contributed by atoms with E-state index < -0.39 is 17.8 Å². The quantitative estimate of drug-likeness (QED) is 0.225. The Kier molecular flexibility index (Phi) is 11.2. The molecule has 0 radical (unpaired) electrons. The molecule has 0 amide bonds. The second-order valence-electron chi connectivity index (χ2n) is 5.06. The molecule has 1 unspecified atom stereocenters. The van der Waals surface area contributed by atoms with Gasteiger partial charge in [-0.3, -0.25) is 4.79 Å². The molecule has 1 aromatic carbocycles. The van der Waals surface area contributed by atoms with Crippen LogP contribution in [0.4, 0.5) is 4.39 Å². The van der Waals surface area contributed by atoms with Gasteiger partial charge in [0.1, 0.15) is 0 Å². The number of ether oxygens (including phenoxy) is 6. The van der Waals surface area contributed by atoms with E-state index in [-0.39, 0.29) is 43.9 Å². The molecule has 0 aromatic heterocycles. The molecule has 3 N–H and O–H groups in total. The maximum Gasteiger partial charge on any atom is 0.327 e. The van der Waals surface area contributed by atoms with Gasteiger partial charge in [0.05, 0.1) is 26.4 Å². The Morgan fingerprint density at radius 1 is 1.07 bits per heavy atom. The van der Waals surface area contributed by atoms with Crippen molar-refractivity contribution in [3.8, 4) is 11.5 Å². The average Bonchev–Trinajstić information content (AvgIpc) is 2.63. The van der Waals surface area contributed by atoms with Gasteiger partial charge in [0.2, 0.25) is 0 Å². The highest BCUT2D eigenvalue weighted by Crippen LogP contribution is 2.34. The summed E-state index contributed by atoms with van der Waals surface area (Å²) in [5.41, 5.74) is 1.51. The van der Waals surface area contributed by atoms with Gasteiger partial charge in [0, 0.05) is 14.2 Å². The molecule has 0 bridgehead atoms. The van der Waals surface area contributed by atoms with Crippen LogP contribution in [0.15, 0.2) is 12.1 Å². The van der Waals surface area contributed by atoms with Crippen molar-refractivity contribution in [3.05, 3.63) is 23.5 Å². The molecule has 0 spiro atoms. The van der Waals surface area contributed by atoms with Crippen LogP contribution in [0, 0.1) is 5.82 Å². The summed E-state index contributed by atoms with van der Waals surface area (Å²) >= 11 is 0. The van der Waals surface area contributed by atoms with Gasteiger partial charge >= 0.3 is 5.97 Å². The third-order valence-electron chi connectivity index (χ3n) is 3.19. The molecule has 1 atom stereocenters. The fourth-order valence-corrected chi connectivity index (χ4v) is 1.88. The highest BCUT2D eigenvalue weighted by atomic mass is 19.1. The summed E-state index contributed by atoms with van der Waals surface area (Å²) in [6, 6.07) is 0.573. The van der Waals surface area contributed by atoms with Crippen molar-refractivity contribution in [1.29, 1.82) is 0 Å². The molecule has 0 aliphatic heterocycles. The number of rotatable bonds is 15. The lowest BCUT2D eigenvalue weighted by atomic mass is 10.1. The monoisotopic (exact) mass is 393 g/mol. The summed E-state index contributed by atoms with van der Waals surface area (Å²) < 4.78 is 44.9. The number of carboxylic acid groups (broad SMARTS) is 1. The molecule has 0 heterocycles. The zero-order chi connectivity index (χ0) is 20.1. The fourth-order valence-electron chi connectivity index (χ4n) is 1.88. The first-order chi connectivity index (χ1) is 13.0. The Balaban J connectivity index is 2.91. The Labute approximate surface area is 155 Å². The summed E-state index contributed by atoms with van der Waals surface area (Å²) in [4.78, 5) is 11.2. The smallest absolute Gasteiger partial charge is 0.327 e. The van der Waals surface area contributed by atoms with Crippen molar-refractivity contribution in [2.45, 2.75) is 6.04 Å². The maximum absolute atomic E-state index is 14.4. The van der Waals surface area contributed by atoms with E-state index in [1.165, 1.54) is 20.3 Å². The Hall–Kier alpha value is -2.02. The second-order valence-corrected chi connectivity index (χ2v) is 5.06. The summed E-state index contributed by atoms with van der Waals surface area (Å²) in [5.74, 6) is -2.69. The largest absolute Gasteiger partial charge is 0.480 e. The average molecular weight is 393 g/mol. The second kappa shape index (κ2) is 13.2. The number of carboxylic acids is 1. The van der Waals surface area contributed by atoms with Crippen LogP contribution in [-0.2, 0) is 23.7 Å². The number of carbonyl (C=O) groups is 1. The van der Waals surface area contributed by atoms with E-state index in [4.69, 9.17) is 38.7 Å². The SMILES string of the molecule is COCCOCOc1cc(C(NO)C(=O)O)cc(F)c1OCOCCOC. The highest BCUT2D eigenvalue weighted by molar-refractivity contribution is 5.75. The van der Waals surface area contributed by atoms with E-state index in [1.54, 1.807) is 5.48 Å². The van der Waals surface area contributed by atoms with Gasteiger partial charge < -0.3 is 38.7 Å². The van der Waals surface area contributed by atoms with E-state index in [9.17, 15) is 9.18 Å². The van der Waals surface area contributed by atoms with Crippen molar-refractivity contribution in [2.24, 2.45) is 0 Å². The van der Waals surface area contributed by atoms with Crippen LogP contribution in [0.2, 0.25) is 0 Å². The van der Waals surface area contributed by atoms with E-state index in [0.29, 0.717) is 13.2 Å². The Morgan fingerprint density at radius 2 is 1.67 bits per heavy atom. The number of benzene rings is 1. The fraction of sp³-hybridized carbons (Fsp3) is 0.562. The third-order valence-corrected chi connectivity index (χ3v) is 3.19. The molecule has 0 aliphatic carbocycles. The number of hydroxylamine groups is 1. The lowest BCUT2D eigenvalue weighted by Gasteiger charge is -2.17. The number of hydrogen-bond acceptors (Lipinski definition) is 9. The molecule has 27 heavy (non-hydrogen) atoms. The van der Waals surface area contributed by atoms with Crippen molar-refractivity contribution < 1.29 is 47.9 Å². The minimum Gasteiger partial charge on any atom is -0.480 e. The Bertz CT molecular complexity index is 573. The van der Waals surface area contributed by atoms with Crippen molar-refractivity contribution in [2.75, 3.05) is 54.2 Å². The topological polar surface area (TPSA) is 125 Å². The number of hydrogen-bond donors (Lipinski definition) is 3. The summed E-state index contributed by atoms with van der Waals surface area (Å²) in [7, 11) is 3.01.